The van der Waals surface area contributed by atoms with Gasteiger partial charge in [-0.15, -0.1) is 11.3 Å². The molecule has 0 aliphatic rings. The average molecular weight is 331 g/mol. The van der Waals surface area contributed by atoms with E-state index in [0.717, 1.165) is 9.48 Å². The molecule has 1 heterocycles. The van der Waals surface area contributed by atoms with Gasteiger partial charge in [0.25, 0.3) is 0 Å². The predicted molar refractivity (Wildman–Crippen MR) is 74.0 cm³/mol. The normalized spacial score (nSPS) is 12.7. The lowest BCUT2D eigenvalue weighted by Crippen LogP contribution is -2.26. The summed E-state index contributed by atoms with van der Waals surface area (Å²) in [5.41, 5.74) is 6.70. The van der Waals surface area contributed by atoms with Gasteiger partial charge in [0, 0.05) is 27.9 Å². The first kappa shape index (κ1) is 13.6. The van der Waals surface area contributed by atoms with Crippen molar-refractivity contribution in [2.45, 2.75) is 12.5 Å². The summed E-state index contributed by atoms with van der Waals surface area (Å²) in [6.45, 7) is -0.0832. The number of halogens is 2. The smallest absolute Gasteiger partial charge is 0.132 e. The van der Waals surface area contributed by atoms with Crippen molar-refractivity contribution >= 4 is 27.3 Å². The molecule has 0 aliphatic heterocycles. The Labute approximate surface area is 117 Å². The number of nitrogens with zero attached hydrogens (tertiary/aromatic N) is 1. The number of benzene rings is 1. The summed E-state index contributed by atoms with van der Waals surface area (Å²) in [4.78, 5) is 4.34. The molecule has 0 saturated heterocycles. The van der Waals surface area contributed by atoms with E-state index >= 15 is 0 Å². The third-order valence-electron chi connectivity index (χ3n) is 2.43. The zero-order chi connectivity index (χ0) is 13.1. The second-order valence-electron chi connectivity index (χ2n) is 3.90. The largest absolute Gasteiger partial charge is 0.395 e. The van der Waals surface area contributed by atoms with Crippen LogP contribution < -0.4 is 5.73 Å². The van der Waals surface area contributed by atoms with Crippen LogP contribution in [-0.4, -0.2) is 22.7 Å². The van der Waals surface area contributed by atoms with Crippen molar-refractivity contribution in [2.24, 2.45) is 5.73 Å². The van der Waals surface area contributed by atoms with Gasteiger partial charge in [-0.3, -0.25) is 0 Å². The van der Waals surface area contributed by atoms with Crippen molar-refractivity contribution in [3.8, 4) is 11.3 Å². The Morgan fingerprint density at radius 2 is 2.28 bits per heavy atom. The van der Waals surface area contributed by atoms with Crippen LogP contribution in [0.4, 0.5) is 4.39 Å². The summed E-state index contributed by atoms with van der Waals surface area (Å²) in [5, 5.41) is 11.5. The van der Waals surface area contributed by atoms with Crippen molar-refractivity contribution in [1.82, 2.24) is 4.98 Å². The number of hydrogen-bond acceptors (Lipinski definition) is 4. The number of rotatable bonds is 4. The van der Waals surface area contributed by atoms with Crippen molar-refractivity contribution in [1.29, 1.82) is 0 Å². The van der Waals surface area contributed by atoms with Gasteiger partial charge in [-0.05, 0) is 18.2 Å². The molecular formula is C12H12BrFN2OS. The van der Waals surface area contributed by atoms with Crippen LogP contribution in [0, 0.1) is 5.82 Å². The van der Waals surface area contributed by atoms with Crippen molar-refractivity contribution in [3.05, 3.63) is 38.9 Å². The van der Waals surface area contributed by atoms with Gasteiger partial charge >= 0.3 is 0 Å². The maximum atomic E-state index is 13.7. The van der Waals surface area contributed by atoms with Gasteiger partial charge in [-0.25, -0.2) is 9.37 Å². The highest BCUT2D eigenvalue weighted by molar-refractivity contribution is 9.10. The second kappa shape index (κ2) is 5.88. The van der Waals surface area contributed by atoms with Crippen LogP contribution in [0.3, 0.4) is 0 Å². The topological polar surface area (TPSA) is 59.1 Å². The first-order valence-electron chi connectivity index (χ1n) is 5.36. The molecule has 0 fully saturated rings. The van der Waals surface area contributed by atoms with Crippen molar-refractivity contribution in [2.75, 3.05) is 6.61 Å². The summed E-state index contributed by atoms with van der Waals surface area (Å²) in [5.74, 6) is -0.304. The predicted octanol–water partition coefficient (Wildman–Crippen LogP) is 2.57. The molecular weight excluding hydrogens is 319 g/mol. The molecule has 1 unspecified atom stereocenters. The highest BCUT2D eigenvalue weighted by Crippen LogP contribution is 2.27. The monoisotopic (exact) mass is 330 g/mol. The molecule has 18 heavy (non-hydrogen) atoms. The standard InChI is InChI=1S/C12H12BrFN2OS/c13-7-1-2-10(14)9(3-7)11-6-18-12(16-11)4-8(15)5-17/h1-3,6,8,17H,4-5,15H2. The lowest BCUT2D eigenvalue weighted by molar-refractivity contribution is 0.265. The van der Waals surface area contributed by atoms with Crippen LogP contribution in [-0.2, 0) is 6.42 Å². The number of aromatic nitrogens is 1. The molecule has 0 bridgehead atoms. The quantitative estimate of drug-likeness (QED) is 0.905. The number of hydrogen-bond donors (Lipinski definition) is 2. The van der Waals surface area contributed by atoms with Gasteiger partial charge in [-0.1, -0.05) is 15.9 Å². The minimum Gasteiger partial charge on any atom is -0.395 e. The van der Waals surface area contributed by atoms with E-state index in [1.807, 2.05) is 0 Å². The molecule has 6 heteroatoms. The van der Waals surface area contributed by atoms with Crippen LogP contribution in [0.5, 0.6) is 0 Å². The first-order chi connectivity index (χ1) is 8.60. The number of nitrogens with two attached hydrogens (primary N) is 1. The Morgan fingerprint density at radius 1 is 1.50 bits per heavy atom. The summed E-state index contributed by atoms with van der Waals surface area (Å²) in [6.07, 6.45) is 0.497. The summed E-state index contributed by atoms with van der Waals surface area (Å²) in [6, 6.07) is 4.42. The van der Waals surface area contributed by atoms with Gasteiger partial charge in [0.2, 0.25) is 0 Å². The van der Waals surface area contributed by atoms with E-state index in [4.69, 9.17) is 10.8 Å². The molecule has 3 nitrogen and oxygen atoms in total. The zero-order valence-corrected chi connectivity index (χ0v) is 11.8. The number of aliphatic hydroxyl groups is 1. The molecule has 0 amide bonds. The Morgan fingerprint density at radius 3 is 3.00 bits per heavy atom. The molecule has 0 radical (unpaired) electrons. The van der Waals surface area contributed by atoms with Crippen molar-refractivity contribution in [3.63, 3.8) is 0 Å². The van der Waals surface area contributed by atoms with Gasteiger partial charge in [0.15, 0.2) is 0 Å². The Bertz CT molecular complexity index is 547. The molecule has 3 N–H and O–H groups in total. The van der Waals surface area contributed by atoms with Gasteiger partial charge in [0.05, 0.1) is 17.3 Å². The van der Waals surface area contributed by atoms with Crippen LogP contribution in [0.1, 0.15) is 5.01 Å². The summed E-state index contributed by atoms with van der Waals surface area (Å²) < 4.78 is 14.5. The van der Waals surface area contributed by atoms with E-state index < -0.39 is 0 Å². The Hall–Kier alpha value is -0.820. The van der Waals surface area contributed by atoms with E-state index in [9.17, 15) is 4.39 Å². The summed E-state index contributed by atoms with van der Waals surface area (Å²) in [7, 11) is 0. The maximum Gasteiger partial charge on any atom is 0.132 e. The SMILES string of the molecule is NC(CO)Cc1nc(-c2cc(Br)ccc2F)cs1. The molecule has 0 aliphatic carbocycles. The minimum atomic E-state index is -0.323. The zero-order valence-electron chi connectivity index (χ0n) is 9.44. The lowest BCUT2D eigenvalue weighted by Gasteiger charge is -2.04. The van der Waals surface area contributed by atoms with Gasteiger partial charge in [0.1, 0.15) is 5.82 Å². The molecule has 2 aromatic rings. The Kier molecular flexibility index (Phi) is 4.45. The Balaban J connectivity index is 2.26. The molecule has 1 atom stereocenters. The maximum absolute atomic E-state index is 13.7. The van der Waals surface area contributed by atoms with E-state index in [1.165, 1.54) is 17.4 Å². The third kappa shape index (κ3) is 3.14. The lowest BCUT2D eigenvalue weighted by atomic mass is 10.1. The van der Waals surface area contributed by atoms with E-state index in [-0.39, 0.29) is 18.5 Å². The highest BCUT2D eigenvalue weighted by Gasteiger charge is 2.11. The molecule has 0 saturated carbocycles. The van der Waals surface area contributed by atoms with Crippen molar-refractivity contribution < 1.29 is 9.50 Å². The van der Waals surface area contributed by atoms with Gasteiger partial charge in [-0.2, -0.15) is 0 Å². The van der Waals surface area contributed by atoms with E-state index in [2.05, 4.69) is 20.9 Å². The van der Waals surface area contributed by atoms with E-state index in [0.29, 0.717) is 17.7 Å². The van der Waals surface area contributed by atoms with Crippen LogP contribution >= 0.6 is 27.3 Å². The molecule has 1 aromatic heterocycles. The third-order valence-corrected chi connectivity index (χ3v) is 3.79. The molecule has 0 spiro atoms. The molecule has 1 aromatic carbocycles. The van der Waals surface area contributed by atoms with E-state index in [1.54, 1.807) is 17.5 Å². The fraction of sp³-hybridized carbons (Fsp3) is 0.250. The van der Waals surface area contributed by atoms with Gasteiger partial charge < -0.3 is 10.8 Å². The van der Waals surface area contributed by atoms with Crippen LogP contribution in [0.15, 0.2) is 28.1 Å². The fourth-order valence-electron chi connectivity index (χ4n) is 1.51. The highest BCUT2D eigenvalue weighted by atomic mass is 79.9. The average Bonchev–Trinajstić information content (AvgIpc) is 2.80. The second-order valence-corrected chi connectivity index (χ2v) is 5.76. The minimum absolute atomic E-state index is 0.0832. The number of aliphatic hydroxyl groups excluding tert-OH is 1. The number of thiazole rings is 1. The first-order valence-corrected chi connectivity index (χ1v) is 7.03. The molecule has 96 valence electrons. The van der Waals surface area contributed by atoms with Crippen LogP contribution in [0.25, 0.3) is 11.3 Å². The summed E-state index contributed by atoms with van der Waals surface area (Å²) >= 11 is 4.73. The molecule has 2 rings (SSSR count). The van der Waals surface area contributed by atoms with Crippen LogP contribution in [0.2, 0.25) is 0 Å². The fourth-order valence-corrected chi connectivity index (χ4v) is 2.76.